The van der Waals surface area contributed by atoms with Gasteiger partial charge in [0.05, 0.1) is 29.2 Å². The zero-order valence-electron chi connectivity index (χ0n) is 21.0. The first-order valence-corrected chi connectivity index (χ1v) is 13.3. The summed E-state index contributed by atoms with van der Waals surface area (Å²) in [5.74, 6) is -0.927. The van der Waals surface area contributed by atoms with Gasteiger partial charge in [0.25, 0.3) is 16.0 Å². The van der Waals surface area contributed by atoms with Crippen LogP contribution in [0.5, 0.6) is 11.5 Å². The molecule has 0 aliphatic heterocycles. The predicted octanol–water partition coefficient (Wildman–Crippen LogP) is 3.71. The van der Waals surface area contributed by atoms with Crippen LogP contribution in [0.15, 0.2) is 75.8 Å². The molecule has 39 heavy (non-hydrogen) atoms. The maximum absolute atomic E-state index is 13.4. The van der Waals surface area contributed by atoms with Crippen molar-refractivity contribution in [3.63, 3.8) is 0 Å². The molecule has 2 N–H and O–H groups in total. The van der Waals surface area contributed by atoms with Gasteiger partial charge in [0.1, 0.15) is 10.6 Å². The van der Waals surface area contributed by atoms with E-state index in [4.69, 9.17) is 27.9 Å². The number of methoxy groups -OCH3 is 1. The molecule has 1 amide bonds. The minimum atomic E-state index is -4.59. The number of nitrogens with zero attached hydrogens (tertiary/aromatic N) is 2. The van der Waals surface area contributed by atoms with Crippen LogP contribution < -0.4 is 44.7 Å². The van der Waals surface area contributed by atoms with Gasteiger partial charge in [-0.3, -0.25) is 9.35 Å². The van der Waals surface area contributed by atoms with Gasteiger partial charge in [-0.05, 0) is 47.7 Å². The molecule has 4 aromatic rings. The Bertz CT molecular complexity index is 1710. The Hall–Kier alpha value is -2.70. The molecule has 0 fully saturated rings. The van der Waals surface area contributed by atoms with Gasteiger partial charge in [-0.25, -0.2) is 0 Å². The van der Waals surface area contributed by atoms with Crippen LogP contribution in [0.2, 0.25) is 10.0 Å². The van der Waals surface area contributed by atoms with Crippen LogP contribution in [0.25, 0.3) is 10.8 Å². The molecule has 13 heteroatoms. The van der Waals surface area contributed by atoms with Crippen molar-refractivity contribution in [2.24, 2.45) is 10.2 Å². The second-order valence-corrected chi connectivity index (χ2v) is 10.3. The van der Waals surface area contributed by atoms with E-state index in [9.17, 15) is 22.9 Å². The Morgan fingerprint density at radius 3 is 2.41 bits per heavy atom. The monoisotopic (exact) mass is 595 g/mol. The topological polar surface area (TPSA) is 140 Å². The number of benzene rings is 4. The molecule has 0 aromatic heterocycles. The van der Waals surface area contributed by atoms with Crippen molar-refractivity contribution in [2.45, 2.75) is 18.2 Å². The van der Waals surface area contributed by atoms with Crippen molar-refractivity contribution in [2.75, 3.05) is 12.4 Å². The summed E-state index contributed by atoms with van der Waals surface area (Å²) >= 11 is 12.4. The summed E-state index contributed by atoms with van der Waals surface area (Å²) < 4.78 is 38.5. The SMILES string of the molecule is CCc1c(Cl)cc(N=Nc2c([O-])c(C(=O)Nc3ccc(OC)cc3Cl)cc3ccccc23)cc1S(=O)(=O)O.[Na+]. The zero-order valence-corrected chi connectivity index (χ0v) is 25.4. The fourth-order valence-electron chi connectivity index (χ4n) is 3.83. The van der Waals surface area contributed by atoms with Gasteiger partial charge in [-0.1, -0.05) is 60.1 Å². The fraction of sp³-hybridized carbons (Fsp3) is 0.115. The second kappa shape index (κ2) is 12.6. The predicted molar refractivity (Wildman–Crippen MR) is 144 cm³/mol. The molecule has 0 radical (unpaired) electrons. The Kier molecular flexibility index (Phi) is 10.0. The number of rotatable bonds is 7. The fourth-order valence-corrected chi connectivity index (χ4v) is 5.28. The number of anilines is 1. The van der Waals surface area contributed by atoms with Crippen molar-refractivity contribution < 1.29 is 57.2 Å². The number of azo groups is 1. The van der Waals surface area contributed by atoms with Crippen molar-refractivity contribution in [1.82, 2.24) is 0 Å². The first kappa shape index (κ1) is 30.8. The van der Waals surface area contributed by atoms with Crippen LogP contribution in [0.1, 0.15) is 22.8 Å². The van der Waals surface area contributed by atoms with E-state index >= 15 is 0 Å². The third-order valence-electron chi connectivity index (χ3n) is 5.68. The van der Waals surface area contributed by atoms with Crippen molar-refractivity contribution >= 4 is 67.1 Å². The molecule has 4 aromatic carbocycles. The number of ether oxygens (including phenoxy) is 1. The van der Waals surface area contributed by atoms with E-state index in [2.05, 4.69) is 15.5 Å². The average Bonchev–Trinajstić information content (AvgIpc) is 2.88. The van der Waals surface area contributed by atoms with E-state index in [1.54, 1.807) is 43.3 Å². The Balaban J connectivity index is 0.00000420. The van der Waals surface area contributed by atoms with Crippen LogP contribution in [-0.4, -0.2) is 26.0 Å². The molecule has 0 spiro atoms. The van der Waals surface area contributed by atoms with Gasteiger partial charge in [-0.15, -0.1) is 0 Å². The first-order valence-electron chi connectivity index (χ1n) is 11.1. The molecule has 0 saturated carbocycles. The van der Waals surface area contributed by atoms with Crippen molar-refractivity contribution in [3.8, 4) is 11.5 Å². The summed E-state index contributed by atoms with van der Waals surface area (Å²) in [6.45, 7) is 1.68. The molecule has 196 valence electrons. The van der Waals surface area contributed by atoms with E-state index in [-0.39, 0.29) is 74.2 Å². The summed E-state index contributed by atoms with van der Waals surface area (Å²) in [5, 5.41) is 25.3. The number of halogens is 2. The quantitative estimate of drug-likeness (QED) is 0.189. The van der Waals surface area contributed by atoms with E-state index in [0.29, 0.717) is 16.5 Å². The summed E-state index contributed by atoms with van der Waals surface area (Å²) in [6.07, 6.45) is 0.246. The average molecular weight is 596 g/mol. The zero-order chi connectivity index (χ0) is 27.6. The third kappa shape index (κ3) is 6.72. The molecule has 0 atom stereocenters. The molecule has 9 nitrogen and oxygen atoms in total. The van der Waals surface area contributed by atoms with Crippen molar-refractivity contribution in [1.29, 1.82) is 0 Å². The normalized spacial score (nSPS) is 11.4. The molecular formula is C26H20Cl2N3NaO6S. The minimum absolute atomic E-state index is 0. The number of hydrogen-bond donors (Lipinski definition) is 2. The van der Waals surface area contributed by atoms with E-state index in [1.165, 1.54) is 25.3 Å². The number of carbonyl (C=O) groups is 1. The van der Waals surface area contributed by atoms with E-state index in [1.807, 2.05) is 0 Å². The van der Waals surface area contributed by atoms with Crippen LogP contribution in [0.3, 0.4) is 0 Å². The largest absolute Gasteiger partial charge is 1.00 e. The van der Waals surface area contributed by atoms with Gasteiger partial charge >= 0.3 is 29.6 Å². The smallest absolute Gasteiger partial charge is 0.870 e. The molecule has 0 unspecified atom stereocenters. The van der Waals surface area contributed by atoms with Crippen LogP contribution >= 0.6 is 23.2 Å². The Morgan fingerprint density at radius 2 is 1.77 bits per heavy atom. The Morgan fingerprint density at radius 1 is 1.05 bits per heavy atom. The van der Waals surface area contributed by atoms with Gasteiger partial charge in [0, 0.05) is 22.0 Å². The molecule has 0 aliphatic rings. The van der Waals surface area contributed by atoms with Crippen molar-refractivity contribution in [3.05, 3.63) is 81.8 Å². The number of amides is 1. The molecule has 0 bridgehead atoms. The first-order chi connectivity index (χ1) is 18.0. The van der Waals surface area contributed by atoms with Crippen LogP contribution in [-0.2, 0) is 16.5 Å². The molecule has 4 rings (SSSR count). The summed E-state index contributed by atoms with van der Waals surface area (Å²) in [5.41, 5.74) is 0.138. The standard InChI is InChI=1S/C26H21Cl2N3O6S.Na/c1-3-17-20(27)11-15(12-23(17)38(34,35)36)30-31-24-18-7-5-4-6-14(18)10-19(25(24)32)26(33)29-22-9-8-16(37-2)13-21(22)28;/h4-13,32H,3H2,1-2H3,(H,29,33)(H,34,35,36);/q;+1/p-1. The summed E-state index contributed by atoms with van der Waals surface area (Å²) in [7, 11) is -3.11. The molecular weight excluding hydrogens is 576 g/mol. The van der Waals surface area contributed by atoms with Gasteiger partial charge in [-0.2, -0.15) is 18.6 Å². The number of carbonyl (C=O) groups excluding carboxylic acids is 1. The molecule has 0 saturated heterocycles. The van der Waals surface area contributed by atoms with E-state index < -0.39 is 26.7 Å². The van der Waals surface area contributed by atoms with Crippen LogP contribution in [0, 0.1) is 0 Å². The second-order valence-electron chi connectivity index (χ2n) is 8.06. The van der Waals surface area contributed by atoms with Gasteiger partial charge < -0.3 is 15.2 Å². The molecule has 0 heterocycles. The van der Waals surface area contributed by atoms with Gasteiger partial charge in [0.2, 0.25) is 0 Å². The number of nitrogens with one attached hydrogen (secondary N) is 1. The van der Waals surface area contributed by atoms with Gasteiger partial charge in [0.15, 0.2) is 0 Å². The summed E-state index contributed by atoms with van der Waals surface area (Å²) in [4.78, 5) is 12.7. The number of hydrogen-bond acceptors (Lipinski definition) is 7. The minimum Gasteiger partial charge on any atom is -0.870 e. The maximum atomic E-state index is 13.4. The van der Waals surface area contributed by atoms with E-state index in [0.717, 1.165) is 6.07 Å². The number of fused-ring (bicyclic) bond motifs is 1. The maximum Gasteiger partial charge on any atom is 1.00 e. The third-order valence-corrected chi connectivity index (χ3v) is 7.25. The molecule has 0 aliphatic carbocycles. The van der Waals surface area contributed by atoms with Crippen LogP contribution in [0.4, 0.5) is 17.1 Å². The summed E-state index contributed by atoms with van der Waals surface area (Å²) in [6, 6.07) is 15.4. The Labute approximate surface area is 256 Å².